The van der Waals surface area contributed by atoms with Gasteiger partial charge in [-0.1, -0.05) is 27.5 Å². The minimum atomic E-state index is -3.85. The Labute approximate surface area is 144 Å². The molecule has 0 amide bonds. The minimum Gasteiger partial charge on any atom is -0.506 e. The fourth-order valence-electron chi connectivity index (χ4n) is 1.62. The molecule has 0 atom stereocenters. The van der Waals surface area contributed by atoms with Gasteiger partial charge in [0.15, 0.2) is 0 Å². The molecule has 0 saturated heterocycles. The molecule has 21 heavy (non-hydrogen) atoms. The van der Waals surface area contributed by atoms with Gasteiger partial charge in [-0.15, -0.1) is 0 Å². The van der Waals surface area contributed by atoms with Gasteiger partial charge >= 0.3 is 0 Å². The molecule has 0 radical (unpaired) electrons. The highest BCUT2D eigenvalue weighted by molar-refractivity contribution is 9.11. The molecule has 0 spiro atoms. The zero-order chi connectivity index (χ0) is 15.8. The summed E-state index contributed by atoms with van der Waals surface area (Å²) in [5.41, 5.74) is 0.957. The molecule has 4 nitrogen and oxygen atoms in total. The Morgan fingerprint density at radius 2 is 1.81 bits per heavy atom. The quantitative estimate of drug-likeness (QED) is 0.661. The van der Waals surface area contributed by atoms with E-state index >= 15 is 0 Å². The zero-order valence-corrected chi connectivity index (χ0v) is 15.4. The van der Waals surface area contributed by atoms with Crippen molar-refractivity contribution in [3.8, 4) is 5.75 Å². The van der Waals surface area contributed by atoms with Gasteiger partial charge in [-0.3, -0.25) is 4.72 Å². The number of anilines is 1. The predicted molar refractivity (Wildman–Crippen MR) is 90.5 cm³/mol. The molecular weight excluding hydrogens is 445 g/mol. The number of sulfonamides is 1. The third kappa shape index (κ3) is 3.71. The van der Waals surface area contributed by atoms with Crippen LogP contribution in [0.25, 0.3) is 0 Å². The summed E-state index contributed by atoms with van der Waals surface area (Å²) in [6.45, 7) is 1.85. The zero-order valence-electron chi connectivity index (χ0n) is 10.7. The van der Waals surface area contributed by atoms with Crippen LogP contribution in [0.15, 0.2) is 44.2 Å². The molecule has 0 aromatic heterocycles. The van der Waals surface area contributed by atoms with Gasteiger partial charge in [0.05, 0.1) is 5.69 Å². The van der Waals surface area contributed by atoms with Crippen LogP contribution in [0.1, 0.15) is 5.56 Å². The smallest absolute Gasteiger partial charge is 0.263 e. The van der Waals surface area contributed by atoms with Crippen molar-refractivity contribution in [1.29, 1.82) is 0 Å². The molecule has 0 aliphatic carbocycles. The Kier molecular flexibility index (Phi) is 4.87. The number of rotatable bonds is 3. The number of halogens is 3. The van der Waals surface area contributed by atoms with Crippen LogP contribution >= 0.6 is 43.5 Å². The topological polar surface area (TPSA) is 66.4 Å². The highest BCUT2D eigenvalue weighted by Gasteiger charge is 2.20. The molecule has 2 aromatic carbocycles. The summed E-state index contributed by atoms with van der Waals surface area (Å²) >= 11 is 12.3. The van der Waals surface area contributed by atoms with Crippen molar-refractivity contribution < 1.29 is 13.5 Å². The summed E-state index contributed by atoms with van der Waals surface area (Å²) in [7, 11) is -3.85. The summed E-state index contributed by atoms with van der Waals surface area (Å²) < 4.78 is 28.3. The van der Waals surface area contributed by atoms with Crippen molar-refractivity contribution in [2.24, 2.45) is 0 Å². The lowest BCUT2D eigenvalue weighted by atomic mass is 10.2. The van der Waals surface area contributed by atoms with Gasteiger partial charge < -0.3 is 5.11 Å². The lowest BCUT2D eigenvalue weighted by Crippen LogP contribution is -2.14. The SMILES string of the molecule is Cc1cc(Br)c(S(=O)(=O)Nc2ccc(Cl)cc2O)cc1Br. The molecule has 0 unspecified atom stereocenters. The Bertz CT molecular complexity index is 809. The highest BCUT2D eigenvalue weighted by atomic mass is 79.9. The number of aryl methyl sites for hydroxylation is 1. The van der Waals surface area contributed by atoms with E-state index in [1.165, 1.54) is 24.3 Å². The van der Waals surface area contributed by atoms with Gasteiger partial charge in [0.2, 0.25) is 0 Å². The van der Waals surface area contributed by atoms with Crippen molar-refractivity contribution >= 4 is 59.2 Å². The van der Waals surface area contributed by atoms with Gasteiger partial charge in [-0.05, 0) is 52.7 Å². The third-order valence-corrected chi connectivity index (χ3v) is 6.12. The monoisotopic (exact) mass is 453 g/mol. The molecule has 0 heterocycles. The van der Waals surface area contributed by atoms with Gasteiger partial charge in [0, 0.05) is 20.0 Å². The summed E-state index contributed by atoms with van der Waals surface area (Å²) in [5.74, 6) is -0.242. The van der Waals surface area contributed by atoms with Crippen LogP contribution in [-0.4, -0.2) is 13.5 Å². The second-order valence-electron chi connectivity index (χ2n) is 4.30. The van der Waals surface area contributed by atoms with Crippen LogP contribution in [0, 0.1) is 6.92 Å². The van der Waals surface area contributed by atoms with Gasteiger partial charge in [-0.2, -0.15) is 0 Å². The Morgan fingerprint density at radius 3 is 2.43 bits per heavy atom. The summed E-state index contributed by atoms with van der Waals surface area (Å²) in [5, 5.41) is 10.1. The lowest BCUT2D eigenvalue weighted by molar-refractivity contribution is 0.477. The molecule has 0 aliphatic rings. The van der Waals surface area contributed by atoms with Crippen molar-refractivity contribution in [1.82, 2.24) is 0 Å². The molecule has 8 heteroatoms. The molecule has 112 valence electrons. The van der Waals surface area contributed by atoms with Gasteiger partial charge in [-0.25, -0.2) is 8.42 Å². The van der Waals surface area contributed by atoms with Crippen LogP contribution in [0.2, 0.25) is 5.02 Å². The van der Waals surface area contributed by atoms with Crippen LogP contribution in [0.5, 0.6) is 5.75 Å². The van der Waals surface area contributed by atoms with Crippen LogP contribution in [0.4, 0.5) is 5.69 Å². The minimum absolute atomic E-state index is 0.0583. The standard InChI is InChI=1S/C13H10Br2ClNO3S/c1-7-4-10(15)13(6-9(7)14)21(19,20)17-11-3-2-8(16)5-12(11)18/h2-6,17-18H,1H3. The fraction of sp³-hybridized carbons (Fsp3) is 0.0769. The van der Waals surface area contributed by atoms with E-state index in [0.29, 0.717) is 14.0 Å². The molecule has 0 bridgehead atoms. The number of nitrogens with one attached hydrogen (secondary N) is 1. The fourth-order valence-corrected chi connectivity index (χ4v) is 4.54. The molecule has 0 aliphatic heterocycles. The van der Waals surface area contributed by atoms with Crippen molar-refractivity contribution in [3.05, 3.63) is 49.9 Å². The lowest BCUT2D eigenvalue weighted by Gasteiger charge is -2.12. The van der Waals surface area contributed by atoms with Crippen molar-refractivity contribution in [3.63, 3.8) is 0 Å². The van der Waals surface area contributed by atoms with E-state index in [4.69, 9.17) is 11.6 Å². The number of aromatic hydroxyl groups is 1. The summed E-state index contributed by atoms with van der Waals surface area (Å²) in [6, 6.07) is 7.33. The first-order valence-corrected chi connectivity index (χ1v) is 9.12. The summed E-state index contributed by atoms with van der Waals surface area (Å²) in [4.78, 5) is 0.0642. The van der Waals surface area contributed by atoms with Gasteiger partial charge in [0.25, 0.3) is 10.0 Å². The number of hydrogen-bond acceptors (Lipinski definition) is 3. The first-order valence-electron chi connectivity index (χ1n) is 5.67. The molecule has 2 rings (SSSR count). The first-order chi connectivity index (χ1) is 9.70. The Morgan fingerprint density at radius 1 is 1.14 bits per heavy atom. The maximum atomic E-state index is 12.4. The number of phenolic OH excluding ortho intramolecular Hbond substituents is 1. The van der Waals surface area contributed by atoms with E-state index in [1.807, 2.05) is 6.92 Å². The van der Waals surface area contributed by atoms with Crippen molar-refractivity contribution in [2.75, 3.05) is 4.72 Å². The molecule has 2 aromatic rings. The molecular formula is C13H10Br2ClNO3S. The molecule has 2 N–H and O–H groups in total. The molecule has 0 saturated carbocycles. The van der Waals surface area contributed by atoms with E-state index in [-0.39, 0.29) is 16.3 Å². The van der Waals surface area contributed by atoms with E-state index in [2.05, 4.69) is 36.6 Å². The van der Waals surface area contributed by atoms with Crippen molar-refractivity contribution in [2.45, 2.75) is 11.8 Å². The van der Waals surface area contributed by atoms with Crippen LogP contribution in [0.3, 0.4) is 0 Å². The van der Waals surface area contributed by atoms with Crippen LogP contribution < -0.4 is 4.72 Å². The largest absolute Gasteiger partial charge is 0.506 e. The number of benzene rings is 2. The van der Waals surface area contributed by atoms with E-state index in [0.717, 1.165) is 5.56 Å². The average molecular weight is 456 g/mol. The second kappa shape index (κ2) is 6.16. The maximum absolute atomic E-state index is 12.4. The Balaban J connectivity index is 2.46. The normalized spacial score (nSPS) is 11.4. The Hall–Kier alpha value is -0.760. The highest BCUT2D eigenvalue weighted by Crippen LogP contribution is 2.32. The van der Waals surface area contributed by atoms with E-state index < -0.39 is 10.0 Å². The third-order valence-electron chi connectivity index (χ3n) is 2.71. The summed E-state index contributed by atoms with van der Waals surface area (Å²) in [6.07, 6.45) is 0. The number of hydrogen-bond donors (Lipinski definition) is 2. The van der Waals surface area contributed by atoms with E-state index in [1.54, 1.807) is 6.07 Å². The number of phenols is 1. The maximum Gasteiger partial charge on any atom is 0.263 e. The second-order valence-corrected chi connectivity index (χ2v) is 8.09. The first kappa shape index (κ1) is 16.6. The van der Waals surface area contributed by atoms with Gasteiger partial charge in [0.1, 0.15) is 10.6 Å². The molecule has 0 fully saturated rings. The van der Waals surface area contributed by atoms with Crippen LogP contribution in [-0.2, 0) is 10.0 Å². The average Bonchev–Trinajstić information content (AvgIpc) is 2.37. The van der Waals surface area contributed by atoms with E-state index in [9.17, 15) is 13.5 Å². The predicted octanol–water partition coefficient (Wildman–Crippen LogP) is 4.68.